The van der Waals surface area contributed by atoms with Crippen molar-refractivity contribution in [1.82, 2.24) is 4.67 Å². The molecule has 0 aliphatic carbocycles. The van der Waals surface area contributed by atoms with Gasteiger partial charge >= 0.3 is 0 Å². The van der Waals surface area contributed by atoms with Crippen LogP contribution >= 0.6 is 7.29 Å². The van der Waals surface area contributed by atoms with E-state index in [9.17, 15) is 4.57 Å². The van der Waals surface area contributed by atoms with E-state index in [0.29, 0.717) is 0 Å². The minimum absolute atomic E-state index is 0.118. The van der Waals surface area contributed by atoms with Gasteiger partial charge in [0.25, 0.3) is 0 Å². The second kappa shape index (κ2) is 6.99. The third-order valence-corrected chi connectivity index (χ3v) is 9.93. The molecular formula is C26H24NOP. The molecule has 0 N–H and O–H groups in total. The lowest BCUT2D eigenvalue weighted by Crippen LogP contribution is -2.15. The molecule has 3 atom stereocenters. The average molecular weight is 397 g/mol. The molecule has 4 aromatic rings. The predicted molar refractivity (Wildman–Crippen MR) is 124 cm³/mol. The van der Waals surface area contributed by atoms with Crippen molar-refractivity contribution in [2.45, 2.75) is 11.3 Å². The molecule has 1 aliphatic rings. The Balaban J connectivity index is 1.71. The van der Waals surface area contributed by atoms with Crippen LogP contribution in [-0.4, -0.2) is 18.8 Å². The topological polar surface area (TPSA) is 20.3 Å². The van der Waals surface area contributed by atoms with Gasteiger partial charge in [0.1, 0.15) is 0 Å². The summed E-state index contributed by atoms with van der Waals surface area (Å²) in [4.78, 5) is 0. The Labute approximate surface area is 171 Å². The second-order valence-electron chi connectivity index (χ2n) is 7.93. The highest BCUT2D eigenvalue weighted by atomic mass is 31.2. The van der Waals surface area contributed by atoms with Crippen LogP contribution in [0.2, 0.25) is 0 Å². The lowest BCUT2D eigenvalue weighted by molar-refractivity contribution is 0.505. The lowest BCUT2D eigenvalue weighted by atomic mass is 10.0. The van der Waals surface area contributed by atoms with Gasteiger partial charge in [-0.2, -0.15) is 0 Å². The molecule has 3 heteroatoms. The van der Waals surface area contributed by atoms with Crippen molar-refractivity contribution in [2.75, 3.05) is 14.1 Å². The van der Waals surface area contributed by atoms with Gasteiger partial charge in [0.2, 0.25) is 0 Å². The van der Waals surface area contributed by atoms with Crippen molar-refractivity contribution in [3.8, 4) is 0 Å². The summed E-state index contributed by atoms with van der Waals surface area (Å²) in [6, 6.07) is 29.5. The van der Waals surface area contributed by atoms with Crippen LogP contribution in [0, 0.1) is 0 Å². The molecule has 0 spiro atoms. The molecule has 0 saturated heterocycles. The van der Waals surface area contributed by atoms with Crippen molar-refractivity contribution < 1.29 is 4.57 Å². The van der Waals surface area contributed by atoms with E-state index in [0.717, 1.165) is 11.1 Å². The fraction of sp³-hybridized carbons (Fsp3) is 0.154. The highest BCUT2D eigenvalue weighted by Crippen LogP contribution is 2.75. The molecule has 4 aromatic carbocycles. The first-order valence-electron chi connectivity index (χ1n) is 10.0. The number of rotatable bonds is 3. The largest absolute Gasteiger partial charge is 0.305 e. The Morgan fingerprint density at radius 2 is 1.03 bits per heavy atom. The van der Waals surface area contributed by atoms with Crippen molar-refractivity contribution in [2.24, 2.45) is 0 Å². The summed E-state index contributed by atoms with van der Waals surface area (Å²) < 4.78 is 16.7. The first-order valence-corrected chi connectivity index (χ1v) is 11.8. The smallest absolute Gasteiger partial charge is 0.171 e. The van der Waals surface area contributed by atoms with Crippen LogP contribution in [0.15, 0.2) is 97.1 Å². The van der Waals surface area contributed by atoms with Crippen LogP contribution in [0.25, 0.3) is 21.5 Å². The minimum Gasteiger partial charge on any atom is -0.305 e. The summed E-state index contributed by atoms with van der Waals surface area (Å²) >= 11 is 0. The summed E-state index contributed by atoms with van der Waals surface area (Å²) in [7, 11) is 1.13. The number of hydrogen-bond acceptors (Lipinski definition) is 1. The van der Waals surface area contributed by atoms with Crippen LogP contribution in [0.1, 0.15) is 22.4 Å². The standard InChI is InChI=1S/C26H24NOP/c1-27(2)29(28)25(23-15-7-11-19-9-3-5-13-21(19)23)17-18-26(29)24-16-8-12-20-10-4-6-14-22(20)24/h3-18,25-26H,1-2H3/t25-,26+,29?. The Hall–Kier alpha value is -2.67. The van der Waals surface area contributed by atoms with Crippen LogP contribution < -0.4 is 0 Å². The van der Waals surface area contributed by atoms with Crippen LogP contribution in [0.5, 0.6) is 0 Å². The van der Waals surface area contributed by atoms with Gasteiger partial charge in [-0.05, 0) is 46.8 Å². The lowest BCUT2D eigenvalue weighted by Gasteiger charge is -2.33. The molecule has 144 valence electrons. The van der Waals surface area contributed by atoms with Crippen LogP contribution in [0.3, 0.4) is 0 Å². The molecule has 0 radical (unpaired) electrons. The summed E-state index contributed by atoms with van der Waals surface area (Å²) in [6.45, 7) is 0. The normalized spacial score (nSPS) is 24.0. The molecule has 0 amide bonds. The third-order valence-electron chi connectivity index (χ3n) is 6.18. The van der Waals surface area contributed by atoms with Gasteiger partial charge in [-0.25, -0.2) is 0 Å². The second-order valence-corrected chi connectivity index (χ2v) is 11.2. The fourth-order valence-electron chi connectivity index (χ4n) is 4.75. The van der Waals surface area contributed by atoms with Gasteiger partial charge in [-0.15, -0.1) is 0 Å². The Morgan fingerprint density at radius 1 is 0.621 bits per heavy atom. The monoisotopic (exact) mass is 397 g/mol. The number of allylic oxidation sites excluding steroid dienone is 2. The van der Waals surface area contributed by atoms with Gasteiger partial charge < -0.3 is 4.57 Å². The summed E-state index contributed by atoms with van der Waals surface area (Å²) in [5, 5.41) is 4.75. The molecule has 0 bridgehead atoms. The van der Waals surface area contributed by atoms with Crippen molar-refractivity contribution in [3.63, 3.8) is 0 Å². The molecule has 1 aliphatic heterocycles. The molecule has 0 saturated carbocycles. The van der Waals surface area contributed by atoms with E-state index in [2.05, 4.69) is 97.1 Å². The van der Waals surface area contributed by atoms with Gasteiger partial charge in [-0.1, -0.05) is 97.1 Å². The highest BCUT2D eigenvalue weighted by Gasteiger charge is 2.46. The Morgan fingerprint density at radius 3 is 1.48 bits per heavy atom. The fourth-order valence-corrected chi connectivity index (χ4v) is 8.03. The first-order chi connectivity index (χ1) is 14.1. The van der Waals surface area contributed by atoms with E-state index in [-0.39, 0.29) is 11.3 Å². The minimum atomic E-state index is -2.79. The molecule has 5 rings (SSSR count). The number of fused-ring (bicyclic) bond motifs is 2. The van der Waals surface area contributed by atoms with Crippen molar-refractivity contribution in [1.29, 1.82) is 0 Å². The molecular weight excluding hydrogens is 373 g/mol. The molecule has 1 heterocycles. The Bertz CT molecular complexity index is 1190. The number of nitrogens with zero attached hydrogens (tertiary/aromatic N) is 1. The van der Waals surface area contributed by atoms with Gasteiger partial charge in [-0.3, -0.25) is 4.67 Å². The average Bonchev–Trinajstić information content (AvgIpc) is 3.11. The van der Waals surface area contributed by atoms with E-state index >= 15 is 0 Å². The number of benzene rings is 4. The van der Waals surface area contributed by atoms with E-state index < -0.39 is 7.29 Å². The summed E-state index contributed by atoms with van der Waals surface area (Å²) in [5.74, 6) is 0. The quantitative estimate of drug-likeness (QED) is 0.269. The van der Waals surface area contributed by atoms with Crippen LogP contribution in [0.4, 0.5) is 0 Å². The summed E-state index contributed by atoms with van der Waals surface area (Å²) in [5.41, 5.74) is 2.07. The molecule has 0 fully saturated rings. The maximum absolute atomic E-state index is 14.7. The van der Waals surface area contributed by atoms with E-state index in [1.165, 1.54) is 21.5 Å². The van der Waals surface area contributed by atoms with Crippen LogP contribution in [-0.2, 0) is 4.57 Å². The van der Waals surface area contributed by atoms with Gasteiger partial charge in [0.05, 0.1) is 11.3 Å². The highest BCUT2D eigenvalue weighted by molar-refractivity contribution is 7.63. The third kappa shape index (κ3) is 2.79. The molecule has 2 nitrogen and oxygen atoms in total. The SMILES string of the molecule is CN(C)P1(=O)[C@@H](c2cccc3ccccc23)C=C[C@H]1c1cccc2ccccc12. The zero-order valence-corrected chi connectivity index (χ0v) is 17.6. The Kier molecular flexibility index (Phi) is 4.42. The maximum atomic E-state index is 14.7. The zero-order valence-electron chi connectivity index (χ0n) is 16.7. The predicted octanol–water partition coefficient (Wildman–Crippen LogP) is 7.18. The van der Waals surface area contributed by atoms with E-state index in [1.54, 1.807) is 0 Å². The van der Waals surface area contributed by atoms with Gasteiger partial charge in [0.15, 0.2) is 7.29 Å². The molecule has 1 unspecified atom stereocenters. The molecule has 0 aromatic heterocycles. The molecule has 29 heavy (non-hydrogen) atoms. The number of hydrogen-bond donors (Lipinski definition) is 0. The van der Waals surface area contributed by atoms with Crippen molar-refractivity contribution in [3.05, 3.63) is 108 Å². The van der Waals surface area contributed by atoms with E-state index in [1.807, 2.05) is 18.8 Å². The first kappa shape index (κ1) is 18.4. The maximum Gasteiger partial charge on any atom is 0.171 e. The van der Waals surface area contributed by atoms with E-state index in [4.69, 9.17) is 0 Å². The summed E-state index contributed by atoms with van der Waals surface area (Å²) in [6.07, 6.45) is 4.35. The zero-order chi connectivity index (χ0) is 20.0. The van der Waals surface area contributed by atoms with Crippen molar-refractivity contribution >= 4 is 28.8 Å². The van der Waals surface area contributed by atoms with Gasteiger partial charge in [0, 0.05) is 0 Å².